The Balaban J connectivity index is 1.07. The van der Waals surface area contributed by atoms with Gasteiger partial charge < -0.3 is 10.2 Å². The molecule has 6 rings (SSSR count). The Kier molecular flexibility index (Phi) is 4.88. The first-order chi connectivity index (χ1) is 15.5. The fourth-order valence-electron chi connectivity index (χ4n) is 6.72. The SMILES string of the molecule is O=C1CCC(N2Cc3cc(CN4CCC(C5NCC56CCC6)CC4)ccc3C2=O)C(=O)N1. The number of carbonyl (C=O) groups excluding carboxylic acids is 3. The van der Waals surface area contributed by atoms with Gasteiger partial charge in [-0.15, -0.1) is 0 Å². The van der Waals surface area contributed by atoms with Crippen LogP contribution in [0.2, 0.25) is 0 Å². The molecule has 3 saturated heterocycles. The maximum absolute atomic E-state index is 12.9. The summed E-state index contributed by atoms with van der Waals surface area (Å²) in [6.07, 6.45) is 7.50. The van der Waals surface area contributed by atoms with Gasteiger partial charge in [-0.3, -0.25) is 24.6 Å². The molecule has 32 heavy (non-hydrogen) atoms. The lowest BCUT2D eigenvalue weighted by Crippen LogP contribution is -2.68. The van der Waals surface area contributed by atoms with Gasteiger partial charge in [0.05, 0.1) is 0 Å². The lowest BCUT2D eigenvalue weighted by atomic mass is 9.55. The van der Waals surface area contributed by atoms with E-state index in [9.17, 15) is 14.4 Å². The molecule has 4 heterocycles. The second kappa shape index (κ2) is 7.66. The Labute approximate surface area is 188 Å². The summed E-state index contributed by atoms with van der Waals surface area (Å²) in [5.74, 6) is 0.118. The minimum atomic E-state index is -0.547. The van der Waals surface area contributed by atoms with Gasteiger partial charge in [0.25, 0.3) is 5.91 Å². The van der Waals surface area contributed by atoms with E-state index in [1.165, 1.54) is 44.2 Å². The topological polar surface area (TPSA) is 81.8 Å². The highest BCUT2D eigenvalue weighted by atomic mass is 16.2. The van der Waals surface area contributed by atoms with E-state index in [-0.39, 0.29) is 24.1 Å². The molecular weight excluding hydrogens is 404 g/mol. The lowest BCUT2D eigenvalue weighted by molar-refractivity contribution is -0.136. The number of benzene rings is 1. The molecule has 0 radical (unpaired) electrons. The van der Waals surface area contributed by atoms with Crippen molar-refractivity contribution in [2.75, 3.05) is 19.6 Å². The van der Waals surface area contributed by atoms with Crippen molar-refractivity contribution in [1.29, 1.82) is 0 Å². The number of imide groups is 1. The first-order valence-electron chi connectivity index (χ1n) is 12.2. The number of hydrogen-bond acceptors (Lipinski definition) is 5. The Morgan fingerprint density at radius 1 is 1.06 bits per heavy atom. The van der Waals surface area contributed by atoms with Crippen molar-refractivity contribution >= 4 is 17.7 Å². The molecule has 1 saturated carbocycles. The molecule has 0 aromatic heterocycles. The fourth-order valence-corrected chi connectivity index (χ4v) is 6.72. The van der Waals surface area contributed by atoms with E-state index in [2.05, 4.69) is 27.7 Å². The molecule has 0 bridgehead atoms. The monoisotopic (exact) mass is 436 g/mol. The predicted molar refractivity (Wildman–Crippen MR) is 119 cm³/mol. The van der Waals surface area contributed by atoms with Gasteiger partial charge in [-0.2, -0.15) is 0 Å². The highest BCUT2D eigenvalue weighted by Crippen LogP contribution is 2.52. The van der Waals surface area contributed by atoms with Gasteiger partial charge in [0.1, 0.15) is 6.04 Å². The van der Waals surface area contributed by atoms with Crippen molar-refractivity contribution in [3.8, 4) is 0 Å². The summed E-state index contributed by atoms with van der Waals surface area (Å²) in [5.41, 5.74) is 3.57. The summed E-state index contributed by atoms with van der Waals surface area (Å²) in [6.45, 7) is 4.87. The molecule has 5 aliphatic rings. The van der Waals surface area contributed by atoms with E-state index < -0.39 is 6.04 Å². The van der Waals surface area contributed by atoms with Crippen molar-refractivity contribution in [2.45, 2.75) is 70.1 Å². The predicted octanol–water partition coefficient (Wildman–Crippen LogP) is 1.80. The number of rotatable bonds is 4. The third-order valence-corrected chi connectivity index (χ3v) is 8.78. The quantitative estimate of drug-likeness (QED) is 0.704. The number of fused-ring (bicyclic) bond motifs is 1. The Morgan fingerprint density at radius 2 is 1.88 bits per heavy atom. The Morgan fingerprint density at radius 3 is 2.53 bits per heavy atom. The van der Waals surface area contributed by atoms with E-state index in [1.54, 1.807) is 4.90 Å². The fraction of sp³-hybridized carbons (Fsp3) is 0.640. The zero-order valence-corrected chi connectivity index (χ0v) is 18.6. The van der Waals surface area contributed by atoms with Crippen molar-refractivity contribution in [2.24, 2.45) is 11.3 Å². The number of amides is 3. The van der Waals surface area contributed by atoms with Gasteiger partial charge in [0.15, 0.2) is 0 Å². The lowest BCUT2D eigenvalue weighted by Gasteiger charge is -2.60. The largest absolute Gasteiger partial charge is 0.322 e. The van der Waals surface area contributed by atoms with E-state index >= 15 is 0 Å². The molecule has 1 aliphatic carbocycles. The van der Waals surface area contributed by atoms with Crippen LogP contribution in [0.25, 0.3) is 0 Å². The van der Waals surface area contributed by atoms with E-state index in [1.807, 2.05) is 6.07 Å². The molecule has 1 aromatic carbocycles. The van der Waals surface area contributed by atoms with Crippen LogP contribution in [0, 0.1) is 11.3 Å². The van der Waals surface area contributed by atoms with Gasteiger partial charge in [0, 0.05) is 37.7 Å². The maximum Gasteiger partial charge on any atom is 0.255 e. The Hall–Kier alpha value is -2.25. The summed E-state index contributed by atoms with van der Waals surface area (Å²) in [7, 11) is 0. The van der Waals surface area contributed by atoms with Crippen molar-refractivity contribution in [3.63, 3.8) is 0 Å². The molecule has 4 aliphatic heterocycles. The molecule has 2 atom stereocenters. The van der Waals surface area contributed by atoms with Crippen LogP contribution in [0.3, 0.4) is 0 Å². The number of hydrogen-bond donors (Lipinski definition) is 2. The van der Waals surface area contributed by atoms with Crippen LogP contribution in [0.4, 0.5) is 0 Å². The highest BCUT2D eigenvalue weighted by molar-refractivity contribution is 6.05. The minimum absolute atomic E-state index is 0.0974. The average molecular weight is 437 g/mol. The number of piperidine rings is 2. The first kappa shape index (κ1) is 20.4. The third kappa shape index (κ3) is 3.28. The first-order valence-corrected chi connectivity index (χ1v) is 12.2. The van der Waals surface area contributed by atoms with E-state index in [0.29, 0.717) is 23.9 Å². The number of likely N-dealkylation sites (tertiary alicyclic amines) is 1. The van der Waals surface area contributed by atoms with Crippen molar-refractivity contribution < 1.29 is 14.4 Å². The summed E-state index contributed by atoms with van der Waals surface area (Å²) in [6, 6.07) is 6.33. The highest BCUT2D eigenvalue weighted by Gasteiger charge is 2.53. The smallest absolute Gasteiger partial charge is 0.255 e. The van der Waals surface area contributed by atoms with Gasteiger partial charge in [-0.05, 0) is 73.7 Å². The average Bonchev–Trinajstić information content (AvgIpc) is 3.03. The minimum Gasteiger partial charge on any atom is -0.322 e. The molecule has 170 valence electrons. The van der Waals surface area contributed by atoms with E-state index in [4.69, 9.17) is 0 Å². The van der Waals surface area contributed by atoms with E-state index in [0.717, 1.165) is 37.2 Å². The van der Waals surface area contributed by atoms with Crippen LogP contribution in [0.15, 0.2) is 18.2 Å². The summed E-state index contributed by atoms with van der Waals surface area (Å²) in [5, 5.41) is 6.11. The number of nitrogens with zero attached hydrogens (tertiary/aromatic N) is 2. The van der Waals surface area contributed by atoms with Crippen LogP contribution in [0.1, 0.15) is 66.4 Å². The standard InChI is InChI=1S/C25H32N4O3/c30-21-5-4-20(23(31)27-21)29-14-18-12-16(2-3-19(18)24(29)32)13-28-10-6-17(7-11-28)22-25(15-26-22)8-1-9-25/h2-3,12,17,20,22,26H,1,4-11,13-15H2,(H,27,30,31). The number of nitrogens with one attached hydrogen (secondary N) is 2. The maximum atomic E-state index is 12.9. The van der Waals surface area contributed by atoms with Crippen LogP contribution < -0.4 is 10.6 Å². The van der Waals surface area contributed by atoms with Crippen LogP contribution in [0.5, 0.6) is 0 Å². The Bertz CT molecular complexity index is 958. The molecule has 4 fully saturated rings. The third-order valence-electron chi connectivity index (χ3n) is 8.78. The molecule has 3 amide bonds. The summed E-state index contributed by atoms with van der Waals surface area (Å²) < 4.78 is 0. The number of carbonyl (C=O) groups is 3. The zero-order valence-electron chi connectivity index (χ0n) is 18.6. The van der Waals surface area contributed by atoms with Gasteiger partial charge in [0.2, 0.25) is 11.8 Å². The zero-order chi connectivity index (χ0) is 21.9. The van der Waals surface area contributed by atoms with Crippen molar-refractivity contribution in [3.05, 3.63) is 34.9 Å². The second-order valence-electron chi connectivity index (χ2n) is 10.6. The van der Waals surface area contributed by atoms with Crippen LogP contribution in [-0.4, -0.2) is 59.2 Å². The molecule has 7 heteroatoms. The summed E-state index contributed by atoms with van der Waals surface area (Å²) >= 11 is 0. The van der Waals surface area contributed by atoms with Crippen LogP contribution >= 0.6 is 0 Å². The molecule has 2 unspecified atom stereocenters. The molecular formula is C25H32N4O3. The molecule has 7 nitrogen and oxygen atoms in total. The van der Waals surface area contributed by atoms with Crippen LogP contribution in [-0.2, 0) is 22.7 Å². The molecule has 2 N–H and O–H groups in total. The second-order valence-corrected chi connectivity index (χ2v) is 10.6. The summed E-state index contributed by atoms with van der Waals surface area (Å²) in [4.78, 5) is 40.8. The molecule has 1 aromatic rings. The normalized spacial score (nSPS) is 30.1. The van der Waals surface area contributed by atoms with Gasteiger partial charge >= 0.3 is 0 Å². The van der Waals surface area contributed by atoms with Gasteiger partial charge in [-0.1, -0.05) is 18.6 Å². The van der Waals surface area contributed by atoms with Crippen molar-refractivity contribution in [1.82, 2.24) is 20.4 Å². The molecule has 1 spiro atoms. The van der Waals surface area contributed by atoms with Gasteiger partial charge in [-0.25, -0.2) is 0 Å².